The number of carbonyl (C=O) groups excluding carboxylic acids is 1. The van der Waals surface area contributed by atoms with E-state index in [4.69, 9.17) is 0 Å². The number of nitrogens with zero attached hydrogens (tertiary/aromatic N) is 2. The van der Waals surface area contributed by atoms with Crippen molar-refractivity contribution in [3.8, 4) is 0 Å². The van der Waals surface area contributed by atoms with Crippen LogP contribution in [-0.2, 0) is 0 Å². The van der Waals surface area contributed by atoms with E-state index in [0.717, 1.165) is 19.5 Å². The van der Waals surface area contributed by atoms with Gasteiger partial charge in [0.05, 0.1) is 0 Å². The van der Waals surface area contributed by atoms with E-state index in [1.165, 1.54) is 0 Å². The lowest BCUT2D eigenvalue weighted by molar-refractivity contribution is 0.0954. The van der Waals surface area contributed by atoms with Gasteiger partial charge >= 0.3 is 6.03 Å². The lowest BCUT2D eigenvalue weighted by Gasteiger charge is -2.43. The Morgan fingerprint density at radius 2 is 1.94 bits per heavy atom. The Labute approximate surface area is 112 Å². The molecule has 4 heteroatoms. The topological polar surface area (TPSA) is 35.6 Å². The van der Waals surface area contributed by atoms with Gasteiger partial charge in [-0.1, -0.05) is 27.7 Å². The number of piperazine rings is 1. The van der Waals surface area contributed by atoms with Crippen LogP contribution < -0.4 is 5.32 Å². The van der Waals surface area contributed by atoms with E-state index in [0.29, 0.717) is 23.9 Å². The van der Waals surface area contributed by atoms with Crippen LogP contribution in [0.25, 0.3) is 0 Å². The Bertz CT molecular complexity index is 276. The fourth-order valence-corrected chi connectivity index (χ4v) is 2.63. The van der Waals surface area contributed by atoms with Crippen molar-refractivity contribution in [3.63, 3.8) is 0 Å². The van der Waals surface area contributed by atoms with Gasteiger partial charge in [-0.2, -0.15) is 0 Å². The van der Waals surface area contributed by atoms with Gasteiger partial charge in [0.2, 0.25) is 0 Å². The van der Waals surface area contributed by atoms with Crippen molar-refractivity contribution >= 4 is 6.03 Å². The zero-order valence-electron chi connectivity index (χ0n) is 12.7. The second-order valence-corrected chi connectivity index (χ2v) is 6.38. The third-order valence-corrected chi connectivity index (χ3v) is 3.59. The van der Waals surface area contributed by atoms with Gasteiger partial charge in [0, 0.05) is 39.3 Å². The first kappa shape index (κ1) is 15.3. The first-order valence-corrected chi connectivity index (χ1v) is 7.04. The zero-order valence-corrected chi connectivity index (χ0v) is 12.7. The highest BCUT2D eigenvalue weighted by Gasteiger charge is 2.33. The molecule has 0 aliphatic carbocycles. The summed E-state index contributed by atoms with van der Waals surface area (Å²) in [5.74, 6) is 1.15. The average Bonchev–Trinajstić information content (AvgIpc) is 2.26. The van der Waals surface area contributed by atoms with Crippen LogP contribution >= 0.6 is 0 Å². The van der Waals surface area contributed by atoms with E-state index in [1.807, 2.05) is 19.0 Å². The van der Waals surface area contributed by atoms with Gasteiger partial charge in [-0.25, -0.2) is 4.79 Å². The van der Waals surface area contributed by atoms with Crippen molar-refractivity contribution < 1.29 is 4.79 Å². The SMILES string of the molecule is CC(C)CC1CN(C(=O)N(C)C)C(C(C)C)CN1. The summed E-state index contributed by atoms with van der Waals surface area (Å²) in [5, 5.41) is 3.59. The van der Waals surface area contributed by atoms with Crippen molar-refractivity contribution in [2.75, 3.05) is 27.2 Å². The second kappa shape index (κ2) is 6.41. The summed E-state index contributed by atoms with van der Waals surface area (Å²) in [6, 6.07) is 0.885. The fourth-order valence-electron chi connectivity index (χ4n) is 2.63. The smallest absolute Gasteiger partial charge is 0.319 e. The summed E-state index contributed by atoms with van der Waals surface area (Å²) >= 11 is 0. The number of nitrogens with one attached hydrogen (secondary N) is 1. The highest BCUT2D eigenvalue weighted by Crippen LogP contribution is 2.19. The summed E-state index contributed by atoms with van der Waals surface area (Å²) in [5.41, 5.74) is 0. The monoisotopic (exact) mass is 255 g/mol. The molecule has 1 aliphatic heterocycles. The largest absolute Gasteiger partial charge is 0.331 e. The van der Waals surface area contributed by atoms with E-state index in [-0.39, 0.29) is 6.03 Å². The van der Waals surface area contributed by atoms with Crippen LogP contribution in [0.2, 0.25) is 0 Å². The number of hydrogen-bond acceptors (Lipinski definition) is 2. The average molecular weight is 255 g/mol. The predicted octanol–water partition coefficient (Wildman–Crippen LogP) is 2.01. The number of rotatable bonds is 3. The lowest BCUT2D eigenvalue weighted by Crippen LogP contribution is -2.61. The fraction of sp³-hybridized carbons (Fsp3) is 0.929. The molecule has 1 rings (SSSR count). The van der Waals surface area contributed by atoms with E-state index < -0.39 is 0 Å². The Hall–Kier alpha value is -0.770. The van der Waals surface area contributed by atoms with Gasteiger partial charge in [-0.05, 0) is 18.3 Å². The lowest BCUT2D eigenvalue weighted by atomic mass is 9.95. The van der Waals surface area contributed by atoms with Crippen LogP contribution in [0.1, 0.15) is 34.1 Å². The normalized spacial score (nSPS) is 24.8. The second-order valence-electron chi connectivity index (χ2n) is 6.38. The summed E-state index contributed by atoms with van der Waals surface area (Å²) in [4.78, 5) is 16.0. The number of amides is 2. The van der Waals surface area contributed by atoms with Crippen molar-refractivity contribution in [2.24, 2.45) is 11.8 Å². The molecule has 1 aliphatic rings. The Kier molecular flexibility index (Phi) is 5.45. The Balaban J connectivity index is 2.73. The van der Waals surface area contributed by atoms with E-state index >= 15 is 0 Å². The maximum absolute atomic E-state index is 12.3. The van der Waals surface area contributed by atoms with Gasteiger partial charge in [0.1, 0.15) is 0 Å². The van der Waals surface area contributed by atoms with Gasteiger partial charge in [0.15, 0.2) is 0 Å². The van der Waals surface area contributed by atoms with Crippen molar-refractivity contribution in [1.82, 2.24) is 15.1 Å². The van der Waals surface area contributed by atoms with E-state index in [2.05, 4.69) is 33.0 Å². The maximum Gasteiger partial charge on any atom is 0.319 e. The number of urea groups is 1. The molecule has 0 aromatic rings. The third-order valence-electron chi connectivity index (χ3n) is 3.59. The predicted molar refractivity (Wildman–Crippen MR) is 75.7 cm³/mol. The minimum Gasteiger partial charge on any atom is -0.331 e. The minimum absolute atomic E-state index is 0.143. The summed E-state index contributed by atoms with van der Waals surface area (Å²) in [7, 11) is 3.67. The quantitative estimate of drug-likeness (QED) is 0.837. The van der Waals surface area contributed by atoms with Crippen LogP contribution in [0.3, 0.4) is 0 Å². The molecule has 0 spiro atoms. The summed E-state index contributed by atoms with van der Waals surface area (Å²) < 4.78 is 0. The third kappa shape index (κ3) is 3.87. The van der Waals surface area contributed by atoms with Crippen LogP contribution in [0.4, 0.5) is 4.79 Å². The standard InChI is InChI=1S/C14H29N3O/c1-10(2)7-12-9-17(14(18)16(5)6)13(8-15-12)11(3)4/h10-13,15H,7-9H2,1-6H3. The molecule has 1 N–H and O–H groups in total. The number of hydrogen-bond donors (Lipinski definition) is 1. The van der Waals surface area contributed by atoms with Crippen LogP contribution in [-0.4, -0.2) is 55.1 Å². The Morgan fingerprint density at radius 3 is 2.39 bits per heavy atom. The zero-order chi connectivity index (χ0) is 13.9. The molecule has 0 saturated carbocycles. The molecule has 1 saturated heterocycles. The molecule has 0 aromatic heterocycles. The Morgan fingerprint density at radius 1 is 1.33 bits per heavy atom. The molecule has 4 nitrogen and oxygen atoms in total. The first-order valence-electron chi connectivity index (χ1n) is 7.04. The molecule has 2 atom stereocenters. The summed E-state index contributed by atoms with van der Waals surface area (Å²) in [6.45, 7) is 10.6. The van der Waals surface area contributed by atoms with Gasteiger partial charge < -0.3 is 15.1 Å². The molecule has 106 valence electrons. The molecule has 1 heterocycles. The first-order chi connectivity index (χ1) is 8.32. The molecule has 1 fully saturated rings. The molecule has 0 radical (unpaired) electrons. The van der Waals surface area contributed by atoms with Crippen LogP contribution in [0.15, 0.2) is 0 Å². The maximum atomic E-state index is 12.3. The van der Waals surface area contributed by atoms with Gasteiger partial charge in [-0.15, -0.1) is 0 Å². The van der Waals surface area contributed by atoms with E-state index in [1.54, 1.807) is 4.90 Å². The van der Waals surface area contributed by atoms with Crippen molar-refractivity contribution in [2.45, 2.75) is 46.2 Å². The molecular weight excluding hydrogens is 226 g/mol. The van der Waals surface area contributed by atoms with Crippen molar-refractivity contribution in [1.29, 1.82) is 0 Å². The molecule has 0 bridgehead atoms. The van der Waals surface area contributed by atoms with Gasteiger partial charge in [-0.3, -0.25) is 0 Å². The van der Waals surface area contributed by atoms with Crippen LogP contribution in [0, 0.1) is 11.8 Å². The van der Waals surface area contributed by atoms with Gasteiger partial charge in [0.25, 0.3) is 0 Å². The van der Waals surface area contributed by atoms with E-state index in [9.17, 15) is 4.79 Å². The highest BCUT2D eigenvalue weighted by atomic mass is 16.2. The van der Waals surface area contributed by atoms with Crippen molar-refractivity contribution in [3.05, 3.63) is 0 Å². The molecule has 18 heavy (non-hydrogen) atoms. The minimum atomic E-state index is 0.143. The van der Waals surface area contributed by atoms with Crippen LogP contribution in [0.5, 0.6) is 0 Å². The molecule has 2 unspecified atom stereocenters. The molecule has 2 amide bonds. The highest BCUT2D eigenvalue weighted by molar-refractivity contribution is 5.74. The summed E-state index contributed by atoms with van der Waals surface area (Å²) in [6.07, 6.45) is 1.13. The molecule has 0 aromatic carbocycles. The number of carbonyl (C=O) groups is 1. The molecular formula is C14H29N3O.